The Balaban J connectivity index is -0.00000000333. The molecule has 24 valence electrons. The van der Waals surface area contributed by atoms with E-state index >= 15 is 0 Å². The van der Waals surface area contributed by atoms with Crippen LogP contribution >= 0.6 is 22.2 Å². The summed E-state index contributed by atoms with van der Waals surface area (Å²) in [5.74, 6) is 0. The summed E-state index contributed by atoms with van der Waals surface area (Å²) in [4.78, 5) is 0. The molecule has 0 aromatic rings. The second-order valence-electron chi connectivity index (χ2n) is 0.101. The normalized spacial score (nSPS) is 3.60. The Kier molecular flexibility index (Phi) is 50.3. The summed E-state index contributed by atoms with van der Waals surface area (Å²) in [6.07, 6.45) is 0. The molecule has 0 heterocycles. The van der Waals surface area contributed by atoms with Crippen molar-refractivity contribution in [2.75, 3.05) is 0 Å². The Morgan fingerprint density at radius 1 is 1.20 bits per heavy atom. The minimum absolute atomic E-state index is 0. The van der Waals surface area contributed by atoms with Crippen molar-refractivity contribution in [2.24, 2.45) is 0 Å². The van der Waals surface area contributed by atoms with E-state index in [0.29, 0.717) is 0 Å². The predicted octanol–water partition coefficient (Wildman–Crippen LogP) is -5.30. The molecular weight excluding hydrogens is 177 g/mol. The molecule has 0 aromatic carbocycles. The Morgan fingerprint density at radius 3 is 1.20 bits per heavy atom. The molecule has 0 spiro atoms. The van der Waals surface area contributed by atoms with E-state index in [1.807, 2.05) is 0 Å². The van der Waals surface area contributed by atoms with Gasteiger partial charge in [0.05, 0.1) is 0 Å². The number of rotatable bonds is 0. The van der Waals surface area contributed by atoms with Gasteiger partial charge in [0, 0.05) is 0 Å². The van der Waals surface area contributed by atoms with Crippen LogP contribution in [0.3, 0.4) is 0 Å². The predicted molar refractivity (Wildman–Crippen MR) is 22.5 cm³/mol. The summed E-state index contributed by atoms with van der Waals surface area (Å²) in [7, 11) is -0.639. The Hall–Kier alpha value is 4.07. The van der Waals surface area contributed by atoms with Gasteiger partial charge in [-0.05, 0) is 0 Å². The molecule has 0 rings (SSSR count). The van der Waals surface area contributed by atoms with Crippen molar-refractivity contribution in [3.63, 3.8) is 0 Å². The van der Waals surface area contributed by atoms with E-state index < -0.39 is 8.14 Å². The molecule has 0 fully saturated rings. The maximum absolute atomic E-state index is 4.90. The Morgan fingerprint density at radius 2 is 1.20 bits per heavy atom. The molecule has 0 aromatic heterocycles. The average molecular weight is 181 g/mol. The van der Waals surface area contributed by atoms with E-state index in [2.05, 4.69) is 0 Å². The summed E-state index contributed by atoms with van der Waals surface area (Å²) < 4.78 is 0. The first-order chi connectivity index (χ1) is 1.41. The summed E-state index contributed by atoms with van der Waals surface area (Å²) >= 11 is 9.81. The van der Waals surface area contributed by atoms with E-state index in [9.17, 15) is 0 Å². The summed E-state index contributed by atoms with van der Waals surface area (Å²) in [5, 5.41) is 0. The van der Waals surface area contributed by atoms with Crippen LogP contribution in [0.5, 0.6) is 0 Å². The van der Waals surface area contributed by atoms with Gasteiger partial charge in [-0.1, -0.05) is 0 Å². The van der Waals surface area contributed by atoms with Crippen molar-refractivity contribution in [1.82, 2.24) is 0 Å². The average Bonchev–Trinajstić information content (AvgIpc) is 0.918. The molecule has 0 aliphatic heterocycles. The molecule has 5 heavy (non-hydrogen) atoms. The van der Waals surface area contributed by atoms with Crippen LogP contribution in [0.15, 0.2) is 0 Å². The molecule has 0 saturated carbocycles. The first-order valence-electron chi connectivity index (χ1n) is 0.535. The third-order valence-electron chi connectivity index (χ3n) is 0. The molecule has 0 saturated heterocycles. The van der Waals surface area contributed by atoms with Crippen molar-refractivity contribution in [3.05, 3.63) is 0 Å². The van der Waals surface area contributed by atoms with E-state index in [-0.39, 0.29) is 106 Å². The minimum Gasteiger partial charge on any atom is -1.00 e. The van der Waals surface area contributed by atoms with Gasteiger partial charge >= 0.3 is 103 Å². The SMILES string of the molecule is Cl[SiH2]Cl.[H-].[H-].[K+].[K+]. The van der Waals surface area contributed by atoms with Crippen LogP contribution < -0.4 is 103 Å². The quantitative estimate of drug-likeness (QED) is 0.259. The Bertz CT molecular complexity index is 13.7. The van der Waals surface area contributed by atoms with Gasteiger partial charge in [-0.2, -0.15) is 22.2 Å². The van der Waals surface area contributed by atoms with Gasteiger partial charge in [0.25, 0.3) is 0 Å². The van der Waals surface area contributed by atoms with Gasteiger partial charge in [0.2, 0.25) is 8.14 Å². The fourth-order valence-electron chi connectivity index (χ4n) is 0. The van der Waals surface area contributed by atoms with Gasteiger partial charge in [-0.3, -0.25) is 0 Å². The molecule has 0 N–H and O–H groups in total. The van der Waals surface area contributed by atoms with Crippen LogP contribution in [0.4, 0.5) is 0 Å². The van der Waals surface area contributed by atoms with Gasteiger partial charge in [0.15, 0.2) is 0 Å². The van der Waals surface area contributed by atoms with Crippen molar-refractivity contribution < 1.29 is 106 Å². The number of hydrogen-bond acceptors (Lipinski definition) is 0. The van der Waals surface area contributed by atoms with Crippen LogP contribution in [0.2, 0.25) is 0 Å². The van der Waals surface area contributed by atoms with Crippen molar-refractivity contribution in [3.8, 4) is 0 Å². The third-order valence-corrected chi connectivity index (χ3v) is 0. The first-order valence-corrected chi connectivity index (χ1v) is 4.81. The van der Waals surface area contributed by atoms with E-state index in [0.717, 1.165) is 0 Å². The van der Waals surface area contributed by atoms with Crippen molar-refractivity contribution in [2.45, 2.75) is 0 Å². The van der Waals surface area contributed by atoms with Gasteiger partial charge in [-0.25, -0.2) is 0 Å². The molecule has 0 amide bonds. The van der Waals surface area contributed by atoms with Crippen molar-refractivity contribution >= 4 is 30.3 Å². The second kappa shape index (κ2) is 15.7. The smallest absolute Gasteiger partial charge is 1.00 e. The van der Waals surface area contributed by atoms with Crippen LogP contribution in [0.25, 0.3) is 0 Å². The maximum atomic E-state index is 4.90. The molecule has 0 aliphatic rings. The monoisotopic (exact) mass is 180 g/mol. The largest absolute Gasteiger partial charge is 1.00 e. The minimum atomic E-state index is -0.639. The zero-order valence-electron chi connectivity index (χ0n) is 5.46. The fraction of sp³-hybridized carbons (Fsp3) is 0. The summed E-state index contributed by atoms with van der Waals surface area (Å²) in [6, 6.07) is 0. The maximum Gasteiger partial charge on any atom is 1.00 e. The molecule has 0 aliphatic carbocycles. The fourth-order valence-corrected chi connectivity index (χ4v) is 0. The van der Waals surface area contributed by atoms with Gasteiger partial charge in [-0.15, -0.1) is 0 Å². The molecule has 0 nitrogen and oxygen atoms in total. The zero-order valence-corrected chi connectivity index (χ0v) is 12.6. The molecule has 0 unspecified atom stereocenters. The topological polar surface area (TPSA) is 0 Å². The summed E-state index contributed by atoms with van der Waals surface area (Å²) in [5.41, 5.74) is 0. The number of halogens is 2. The van der Waals surface area contributed by atoms with E-state index in [4.69, 9.17) is 22.2 Å². The van der Waals surface area contributed by atoms with Crippen LogP contribution in [0, 0.1) is 0 Å². The summed E-state index contributed by atoms with van der Waals surface area (Å²) in [6.45, 7) is 0. The van der Waals surface area contributed by atoms with Crippen molar-refractivity contribution in [1.29, 1.82) is 0 Å². The van der Waals surface area contributed by atoms with Gasteiger partial charge in [0.1, 0.15) is 0 Å². The molecule has 0 bridgehead atoms. The molecular formula is H4Cl2K2Si. The Labute approximate surface area is 132 Å². The van der Waals surface area contributed by atoms with Crippen LogP contribution in [-0.4, -0.2) is 8.14 Å². The molecule has 0 atom stereocenters. The molecule has 5 heteroatoms. The van der Waals surface area contributed by atoms with Gasteiger partial charge < -0.3 is 2.85 Å². The van der Waals surface area contributed by atoms with E-state index in [1.165, 1.54) is 0 Å². The standard InChI is InChI=1S/Cl2H2Si.2K.2H/c1-3-2;;;;/h3H2;;;;/q;2*+1;2*-1. The van der Waals surface area contributed by atoms with E-state index in [1.54, 1.807) is 0 Å². The number of hydrogen-bond donors (Lipinski definition) is 0. The first kappa shape index (κ1) is 16.0. The zero-order chi connectivity index (χ0) is 2.71. The van der Waals surface area contributed by atoms with Crippen LogP contribution in [-0.2, 0) is 0 Å². The third kappa shape index (κ3) is 18.0. The molecule has 0 radical (unpaired) electrons. The second-order valence-corrected chi connectivity index (χ2v) is 2.73. The van der Waals surface area contributed by atoms with Crippen LogP contribution in [0.1, 0.15) is 2.85 Å².